The first-order valence-electron chi connectivity index (χ1n) is 5.92. The fourth-order valence-corrected chi connectivity index (χ4v) is 1.33. The molecule has 0 fully saturated rings. The quantitative estimate of drug-likeness (QED) is 0.674. The first-order chi connectivity index (χ1) is 8.26. The van der Waals surface area contributed by atoms with Gasteiger partial charge in [-0.25, -0.2) is 0 Å². The molecule has 4 nitrogen and oxygen atoms in total. The number of aliphatic hydroxyl groups is 1. The molecule has 0 saturated carbocycles. The highest BCUT2D eigenvalue weighted by Crippen LogP contribution is 2.16. The summed E-state index contributed by atoms with van der Waals surface area (Å²) in [5.74, 6) is 1.64. The predicted octanol–water partition coefficient (Wildman–Crippen LogP) is 1.43. The smallest absolute Gasteiger partial charge is 0.119 e. The number of aliphatic hydroxyl groups excluding tert-OH is 1. The van der Waals surface area contributed by atoms with Crippen LogP contribution in [0.3, 0.4) is 0 Å². The molecule has 4 heteroatoms. The van der Waals surface area contributed by atoms with Crippen molar-refractivity contribution in [3.8, 4) is 11.5 Å². The molecule has 1 rings (SSSR count). The van der Waals surface area contributed by atoms with E-state index >= 15 is 0 Å². The second-order valence-corrected chi connectivity index (χ2v) is 3.79. The highest BCUT2D eigenvalue weighted by molar-refractivity contribution is 5.31. The van der Waals surface area contributed by atoms with Crippen molar-refractivity contribution in [2.75, 3.05) is 26.8 Å². The number of benzene rings is 1. The molecule has 1 unspecified atom stereocenters. The van der Waals surface area contributed by atoms with Crippen LogP contribution in [0.5, 0.6) is 11.5 Å². The zero-order valence-electron chi connectivity index (χ0n) is 10.5. The highest BCUT2D eigenvalue weighted by atomic mass is 16.5. The number of hydrogen-bond acceptors (Lipinski definition) is 4. The monoisotopic (exact) mass is 239 g/mol. The summed E-state index contributed by atoms with van der Waals surface area (Å²) in [6, 6.07) is 7.48. The van der Waals surface area contributed by atoms with Crippen LogP contribution >= 0.6 is 0 Å². The normalized spacial score (nSPS) is 12.2. The van der Waals surface area contributed by atoms with Crippen molar-refractivity contribution in [3.63, 3.8) is 0 Å². The van der Waals surface area contributed by atoms with Crippen molar-refractivity contribution in [2.45, 2.75) is 19.4 Å². The van der Waals surface area contributed by atoms with Crippen LogP contribution in [0.2, 0.25) is 0 Å². The van der Waals surface area contributed by atoms with Gasteiger partial charge in [-0.3, -0.25) is 0 Å². The van der Waals surface area contributed by atoms with Gasteiger partial charge in [0.25, 0.3) is 0 Å². The summed E-state index contributed by atoms with van der Waals surface area (Å²) in [7, 11) is 1.64. The van der Waals surface area contributed by atoms with E-state index < -0.39 is 0 Å². The average molecular weight is 239 g/mol. The van der Waals surface area contributed by atoms with Gasteiger partial charge >= 0.3 is 0 Å². The van der Waals surface area contributed by atoms with Crippen LogP contribution in [0.1, 0.15) is 13.3 Å². The Labute approximate surface area is 103 Å². The van der Waals surface area contributed by atoms with Gasteiger partial charge in [0.15, 0.2) is 0 Å². The van der Waals surface area contributed by atoms with E-state index in [0.29, 0.717) is 13.2 Å². The van der Waals surface area contributed by atoms with Gasteiger partial charge in [0.1, 0.15) is 18.1 Å². The van der Waals surface area contributed by atoms with Crippen molar-refractivity contribution in [2.24, 2.45) is 0 Å². The Bertz CT molecular complexity index is 300. The van der Waals surface area contributed by atoms with Crippen molar-refractivity contribution >= 4 is 0 Å². The van der Waals surface area contributed by atoms with E-state index in [0.717, 1.165) is 24.5 Å². The Morgan fingerprint density at radius 2 is 1.88 bits per heavy atom. The number of ether oxygens (including phenoxy) is 2. The molecule has 0 heterocycles. The summed E-state index contributed by atoms with van der Waals surface area (Å²) in [5.41, 5.74) is 0. The minimum absolute atomic E-state index is 0.268. The van der Waals surface area contributed by atoms with Crippen molar-refractivity contribution in [3.05, 3.63) is 24.3 Å². The molecule has 2 N–H and O–H groups in total. The lowest BCUT2D eigenvalue weighted by Crippen LogP contribution is -2.29. The van der Waals surface area contributed by atoms with Crippen LogP contribution in [0.25, 0.3) is 0 Å². The number of hydrogen-bond donors (Lipinski definition) is 2. The van der Waals surface area contributed by atoms with Crippen molar-refractivity contribution in [1.29, 1.82) is 0 Å². The third-order valence-electron chi connectivity index (χ3n) is 2.46. The molecule has 96 valence electrons. The first kappa shape index (κ1) is 13.8. The highest BCUT2D eigenvalue weighted by Gasteiger charge is 1.99. The molecule has 0 amide bonds. The number of rotatable bonds is 8. The van der Waals surface area contributed by atoms with Crippen LogP contribution < -0.4 is 14.8 Å². The molecular formula is C13H21NO3. The molecule has 1 atom stereocenters. The fraction of sp³-hybridized carbons (Fsp3) is 0.538. The molecule has 0 aliphatic carbocycles. The van der Waals surface area contributed by atoms with Crippen LogP contribution in [-0.4, -0.2) is 38.0 Å². The summed E-state index contributed by atoms with van der Waals surface area (Å²) >= 11 is 0. The van der Waals surface area contributed by atoms with Gasteiger partial charge in [0.2, 0.25) is 0 Å². The lowest BCUT2D eigenvalue weighted by molar-refractivity contribution is 0.165. The van der Waals surface area contributed by atoms with Gasteiger partial charge in [-0.15, -0.1) is 0 Å². The van der Waals surface area contributed by atoms with Gasteiger partial charge in [0.05, 0.1) is 13.2 Å². The largest absolute Gasteiger partial charge is 0.497 e. The van der Waals surface area contributed by atoms with Gasteiger partial charge < -0.3 is 19.9 Å². The Balaban J connectivity index is 2.13. The molecule has 0 aliphatic heterocycles. The molecule has 1 aromatic rings. The van der Waals surface area contributed by atoms with Crippen LogP contribution in [-0.2, 0) is 0 Å². The Morgan fingerprint density at radius 1 is 1.24 bits per heavy atom. The molecular weight excluding hydrogens is 218 g/mol. The second kappa shape index (κ2) is 7.92. The maximum atomic E-state index is 9.31. The zero-order valence-corrected chi connectivity index (χ0v) is 10.5. The van der Waals surface area contributed by atoms with Gasteiger partial charge in [-0.1, -0.05) is 6.92 Å². The third-order valence-corrected chi connectivity index (χ3v) is 2.46. The predicted molar refractivity (Wildman–Crippen MR) is 67.7 cm³/mol. The van der Waals surface area contributed by atoms with Crippen LogP contribution in [0.4, 0.5) is 0 Å². The molecule has 17 heavy (non-hydrogen) atoms. The number of methoxy groups -OCH3 is 1. The zero-order chi connectivity index (χ0) is 12.5. The van der Waals surface area contributed by atoms with E-state index in [9.17, 15) is 5.11 Å². The molecule has 0 spiro atoms. The van der Waals surface area contributed by atoms with Gasteiger partial charge in [0, 0.05) is 13.1 Å². The Kier molecular flexibility index (Phi) is 6.43. The molecule has 0 aromatic heterocycles. The minimum atomic E-state index is -0.268. The Morgan fingerprint density at radius 3 is 2.47 bits per heavy atom. The second-order valence-electron chi connectivity index (χ2n) is 3.79. The maximum absolute atomic E-state index is 9.31. The van der Waals surface area contributed by atoms with Crippen molar-refractivity contribution < 1.29 is 14.6 Å². The summed E-state index contributed by atoms with van der Waals surface area (Å²) in [6.07, 6.45) is 0.503. The molecule has 0 aliphatic rings. The molecule has 0 bridgehead atoms. The van der Waals surface area contributed by atoms with Gasteiger partial charge in [-0.2, -0.15) is 0 Å². The molecule has 0 radical (unpaired) electrons. The minimum Gasteiger partial charge on any atom is -0.497 e. The van der Waals surface area contributed by atoms with E-state index in [4.69, 9.17) is 9.47 Å². The SMILES string of the molecule is CCC(O)CNCCOc1ccc(OC)cc1. The topological polar surface area (TPSA) is 50.7 Å². The van der Waals surface area contributed by atoms with Crippen LogP contribution in [0, 0.1) is 0 Å². The standard InChI is InChI=1S/C13H21NO3/c1-3-11(15)10-14-8-9-17-13-6-4-12(16-2)5-7-13/h4-7,11,14-15H,3,8-10H2,1-2H3. The summed E-state index contributed by atoms with van der Waals surface area (Å²) < 4.78 is 10.6. The number of nitrogens with one attached hydrogen (secondary N) is 1. The van der Waals surface area contributed by atoms with E-state index in [1.807, 2.05) is 31.2 Å². The average Bonchev–Trinajstić information content (AvgIpc) is 2.38. The summed E-state index contributed by atoms with van der Waals surface area (Å²) in [4.78, 5) is 0. The summed E-state index contributed by atoms with van der Waals surface area (Å²) in [6.45, 7) is 3.88. The Hall–Kier alpha value is -1.26. The van der Waals surface area contributed by atoms with Crippen LogP contribution in [0.15, 0.2) is 24.3 Å². The van der Waals surface area contributed by atoms with E-state index in [2.05, 4.69) is 5.32 Å². The van der Waals surface area contributed by atoms with E-state index in [1.165, 1.54) is 0 Å². The van der Waals surface area contributed by atoms with E-state index in [-0.39, 0.29) is 6.10 Å². The maximum Gasteiger partial charge on any atom is 0.119 e. The van der Waals surface area contributed by atoms with E-state index in [1.54, 1.807) is 7.11 Å². The fourth-order valence-electron chi connectivity index (χ4n) is 1.33. The lowest BCUT2D eigenvalue weighted by atomic mass is 10.3. The van der Waals surface area contributed by atoms with Crippen molar-refractivity contribution in [1.82, 2.24) is 5.32 Å². The van der Waals surface area contributed by atoms with Gasteiger partial charge in [-0.05, 0) is 30.7 Å². The lowest BCUT2D eigenvalue weighted by Gasteiger charge is -2.10. The summed E-state index contributed by atoms with van der Waals surface area (Å²) in [5, 5.41) is 12.4. The third kappa shape index (κ3) is 5.56. The molecule has 1 aromatic carbocycles. The first-order valence-corrected chi connectivity index (χ1v) is 5.92. The molecule has 0 saturated heterocycles.